The molecule has 0 heterocycles. The van der Waals surface area contributed by atoms with Crippen LogP contribution in [0, 0.1) is 0 Å². The largest absolute Gasteiger partial charge is 0.504 e. The lowest BCUT2D eigenvalue weighted by Gasteiger charge is -2.07. The van der Waals surface area contributed by atoms with Crippen LogP contribution in [0.25, 0.3) is 0 Å². The zero-order chi connectivity index (χ0) is 10.0. The maximum absolute atomic E-state index is 12.2. The maximum atomic E-state index is 12.2. The SMILES string of the molecule is COc1cc(O)c(O)c(C(F)F)c1. The Labute approximate surface area is 73.2 Å². The standard InChI is InChI=1S/C8H8F2O3/c1-13-4-2-5(8(9)10)7(12)6(11)3-4/h2-3,8,11-12H,1H3. The van der Waals surface area contributed by atoms with Gasteiger partial charge >= 0.3 is 0 Å². The fourth-order valence-corrected chi connectivity index (χ4v) is 0.898. The van der Waals surface area contributed by atoms with E-state index >= 15 is 0 Å². The first-order valence-electron chi connectivity index (χ1n) is 3.44. The van der Waals surface area contributed by atoms with E-state index in [0.29, 0.717) is 0 Å². The molecule has 0 saturated heterocycles. The molecule has 0 fully saturated rings. The van der Waals surface area contributed by atoms with Gasteiger partial charge in [0.15, 0.2) is 11.5 Å². The predicted molar refractivity (Wildman–Crippen MR) is 41.3 cm³/mol. The molecule has 0 aliphatic heterocycles. The van der Waals surface area contributed by atoms with E-state index in [-0.39, 0.29) is 5.75 Å². The molecule has 0 saturated carbocycles. The molecule has 72 valence electrons. The fraction of sp³-hybridized carbons (Fsp3) is 0.250. The lowest BCUT2D eigenvalue weighted by molar-refractivity contribution is 0.146. The topological polar surface area (TPSA) is 49.7 Å². The van der Waals surface area contributed by atoms with E-state index in [9.17, 15) is 8.78 Å². The molecule has 5 heteroatoms. The first-order valence-corrected chi connectivity index (χ1v) is 3.44. The second kappa shape index (κ2) is 3.47. The van der Waals surface area contributed by atoms with Crippen molar-refractivity contribution in [2.45, 2.75) is 6.43 Å². The minimum absolute atomic E-state index is 0.0746. The van der Waals surface area contributed by atoms with Crippen molar-refractivity contribution in [1.82, 2.24) is 0 Å². The Morgan fingerprint density at radius 2 is 1.92 bits per heavy atom. The summed E-state index contributed by atoms with van der Waals surface area (Å²) < 4.78 is 29.0. The number of phenolic OH excluding ortho intramolecular Hbond substituents is 2. The van der Waals surface area contributed by atoms with E-state index in [1.54, 1.807) is 0 Å². The molecular weight excluding hydrogens is 182 g/mol. The number of benzene rings is 1. The highest BCUT2D eigenvalue weighted by Crippen LogP contribution is 2.38. The van der Waals surface area contributed by atoms with Gasteiger partial charge in [0.25, 0.3) is 6.43 Å². The molecule has 1 aromatic rings. The van der Waals surface area contributed by atoms with Crippen molar-refractivity contribution in [2.24, 2.45) is 0 Å². The second-order valence-electron chi connectivity index (χ2n) is 2.39. The van der Waals surface area contributed by atoms with E-state index in [1.165, 1.54) is 7.11 Å². The first-order chi connectivity index (χ1) is 6.06. The molecule has 0 bridgehead atoms. The highest BCUT2D eigenvalue weighted by molar-refractivity contribution is 5.50. The van der Waals surface area contributed by atoms with Crippen molar-refractivity contribution in [3.8, 4) is 17.2 Å². The van der Waals surface area contributed by atoms with Gasteiger partial charge in [0.2, 0.25) is 0 Å². The third-order valence-electron chi connectivity index (χ3n) is 1.56. The molecule has 0 amide bonds. The van der Waals surface area contributed by atoms with E-state index in [4.69, 9.17) is 10.2 Å². The number of alkyl halides is 2. The molecule has 0 unspecified atom stereocenters. The van der Waals surface area contributed by atoms with Crippen LogP contribution in [0.1, 0.15) is 12.0 Å². The number of hydrogen-bond acceptors (Lipinski definition) is 3. The average molecular weight is 190 g/mol. The van der Waals surface area contributed by atoms with E-state index in [1.807, 2.05) is 0 Å². The lowest BCUT2D eigenvalue weighted by Crippen LogP contribution is -1.89. The third kappa shape index (κ3) is 1.80. The third-order valence-corrected chi connectivity index (χ3v) is 1.56. The highest BCUT2D eigenvalue weighted by atomic mass is 19.3. The quantitative estimate of drug-likeness (QED) is 0.701. The summed E-state index contributed by atoms with van der Waals surface area (Å²) in [6, 6.07) is 2.03. The van der Waals surface area contributed by atoms with Crippen molar-refractivity contribution in [3.05, 3.63) is 17.7 Å². The van der Waals surface area contributed by atoms with Crippen LogP contribution in [0.2, 0.25) is 0 Å². The number of aromatic hydroxyl groups is 2. The molecule has 13 heavy (non-hydrogen) atoms. The zero-order valence-corrected chi connectivity index (χ0v) is 6.79. The van der Waals surface area contributed by atoms with Crippen molar-refractivity contribution in [3.63, 3.8) is 0 Å². The van der Waals surface area contributed by atoms with Gasteiger partial charge in [-0.3, -0.25) is 0 Å². The van der Waals surface area contributed by atoms with Crippen LogP contribution < -0.4 is 4.74 Å². The minimum Gasteiger partial charge on any atom is -0.504 e. The number of phenols is 2. The van der Waals surface area contributed by atoms with Gasteiger partial charge in [-0.25, -0.2) is 8.78 Å². The summed E-state index contributed by atoms with van der Waals surface area (Å²) >= 11 is 0. The van der Waals surface area contributed by atoms with Crippen LogP contribution in [0.15, 0.2) is 12.1 Å². The molecule has 0 radical (unpaired) electrons. The van der Waals surface area contributed by atoms with E-state index < -0.39 is 23.5 Å². The van der Waals surface area contributed by atoms with Gasteiger partial charge in [0.1, 0.15) is 5.75 Å². The molecule has 1 rings (SSSR count). The van der Waals surface area contributed by atoms with Gasteiger partial charge in [-0.2, -0.15) is 0 Å². The summed E-state index contributed by atoms with van der Waals surface area (Å²) in [6.07, 6.45) is -2.85. The number of rotatable bonds is 2. The van der Waals surface area contributed by atoms with Crippen molar-refractivity contribution < 1.29 is 23.7 Å². The van der Waals surface area contributed by atoms with Crippen molar-refractivity contribution in [1.29, 1.82) is 0 Å². The Morgan fingerprint density at radius 3 is 2.38 bits per heavy atom. The summed E-state index contributed by atoms with van der Waals surface area (Å²) in [7, 11) is 1.28. The summed E-state index contributed by atoms with van der Waals surface area (Å²) in [5.74, 6) is -1.35. The first kappa shape index (κ1) is 9.57. The smallest absolute Gasteiger partial charge is 0.267 e. The van der Waals surface area contributed by atoms with Gasteiger partial charge in [0.05, 0.1) is 12.7 Å². The number of hydrogen-bond donors (Lipinski definition) is 2. The molecule has 0 aliphatic carbocycles. The monoisotopic (exact) mass is 190 g/mol. The summed E-state index contributed by atoms with van der Waals surface area (Å²) in [5, 5.41) is 18.0. The summed E-state index contributed by atoms with van der Waals surface area (Å²) in [5.41, 5.74) is -0.642. The molecule has 0 atom stereocenters. The van der Waals surface area contributed by atoms with Crippen LogP contribution in [-0.2, 0) is 0 Å². The van der Waals surface area contributed by atoms with Gasteiger partial charge in [0, 0.05) is 6.07 Å². The van der Waals surface area contributed by atoms with E-state index in [0.717, 1.165) is 12.1 Å². The Morgan fingerprint density at radius 1 is 1.31 bits per heavy atom. The second-order valence-corrected chi connectivity index (χ2v) is 2.39. The molecule has 3 nitrogen and oxygen atoms in total. The molecule has 1 aromatic carbocycles. The van der Waals surface area contributed by atoms with Gasteiger partial charge < -0.3 is 14.9 Å². The van der Waals surface area contributed by atoms with Crippen molar-refractivity contribution in [2.75, 3.05) is 7.11 Å². The van der Waals surface area contributed by atoms with Gasteiger partial charge in [-0.15, -0.1) is 0 Å². The van der Waals surface area contributed by atoms with Crippen LogP contribution >= 0.6 is 0 Å². The molecule has 0 spiro atoms. The minimum atomic E-state index is -2.85. The Kier molecular flexibility index (Phi) is 2.55. The maximum Gasteiger partial charge on any atom is 0.267 e. The normalized spacial score (nSPS) is 10.5. The van der Waals surface area contributed by atoms with Gasteiger partial charge in [-0.1, -0.05) is 0 Å². The average Bonchev–Trinajstić information content (AvgIpc) is 2.09. The number of halogens is 2. The molecular formula is C8H8F2O3. The van der Waals surface area contributed by atoms with Crippen molar-refractivity contribution >= 4 is 0 Å². The molecule has 0 aliphatic rings. The fourth-order valence-electron chi connectivity index (χ4n) is 0.898. The zero-order valence-electron chi connectivity index (χ0n) is 6.79. The Hall–Kier alpha value is -1.52. The highest BCUT2D eigenvalue weighted by Gasteiger charge is 2.17. The molecule has 2 N–H and O–H groups in total. The van der Waals surface area contributed by atoms with Gasteiger partial charge in [-0.05, 0) is 6.07 Å². The number of ether oxygens (including phenoxy) is 1. The van der Waals surface area contributed by atoms with Crippen LogP contribution in [0.3, 0.4) is 0 Å². The lowest BCUT2D eigenvalue weighted by atomic mass is 10.2. The predicted octanol–water partition coefficient (Wildman–Crippen LogP) is 2.04. The Bertz CT molecular complexity index is 313. The summed E-state index contributed by atoms with van der Waals surface area (Å²) in [6.45, 7) is 0. The van der Waals surface area contributed by atoms with Crippen LogP contribution in [-0.4, -0.2) is 17.3 Å². The molecule has 0 aromatic heterocycles. The Balaban J connectivity index is 3.25. The van der Waals surface area contributed by atoms with Crippen LogP contribution in [0.5, 0.6) is 17.2 Å². The van der Waals surface area contributed by atoms with Crippen LogP contribution in [0.4, 0.5) is 8.78 Å². The van der Waals surface area contributed by atoms with E-state index in [2.05, 4.69) is 4.74 Å². The summed E-state index contributed by atoms with van der Waals surface area (Å²) in [4.78, 5) is 0. The number of methoxy groups -OCH3 is 1.